The molecule has 1 aromatic carbocycles. The smallest absolute Gasteiger partial charge is 0.215 e. The summed E-state index contributed by atoms with van der Waals surface area (Å²) in [4.78, 5) is 6.33. The van der Waals surface area contributed by atoms with Gasteiger partial charge in [-0.05, 0) is 18.6 Å². The lowest BCUT2D eigenvalue weighted by Crippen LogP contribution is -2.44. The molecule has 0 N–H and O–H groups in total. The van der Waals surface area contributed by atoms with Gasteiger partial charge in [-0.25, -0.2) is 9.37 Å². The number of hydrogen-bond acceptors (Lipinski definition) is 4. The SMILES string of the molecule is COc1cc(N2CCC(Oc3ccc(C)c(F)c3)C(C)C2)c(Cl)cn1. The highest BCUT2D eigenvalue weighted by molar-refractivity contribution is 6.33. The van der Waals surface area contributed by atoms with Crippen LogP contribution in [0.3, 0.4) is 0 Å². The summed E-state index contributed by atoms with van der Waals surface area (Å²) in [5.74, 6) is 1.16. The minimum absolute atomic E-state index is 0.0425. The Morgan fingerprint density at radius 2 is 2.12 bits per heavy atom. The van der Waals surface area contributed by atoms with Crippen molar-refractivity contribution in [1.29, 1.82) is 0 Å². The monoisotopic (exact) mass is 364 g/mol. The van der Waals surface area contributed by atoms with E-state index in [0.717, 1.165) is 25.2 Å². The number of rotatable bonds is 4. The molecular formula is C19H22ClFN2O2. The number of pyridine rings is 1. The van der Waals surface area contributed by atoms with Gasteiger partial charge in [0.15, 0.2) is 0 Å². The van der Waals surface area contributed by atoms with Crippen molar-refractivity contribution >= 4 is 17.3 Å². The molecule has 1 fully saturated rings. The molecular weight excluding hydrogens is 343 g/mol. The molecule has 0 spiro atoms. The van der Waals surface area contributed by atoms with Crippen molar-refractivity contribution in [3.63, 3.8) is 0 Å². The Kier molecular flexibility index (Phi) is 5.33. The molecule has 1 saturated heterocycles. The molecule has 3 rings (SSSR count). The second-order valence-corrected chi connectivity index (χ2v) is 6.86. The quantitative estimate of drug-likeness (QED) is 0.800. The Morgan fingerprint density at radius 1 is 1.32 bits per heavy atom. The Hall–Kier alpha value is -2.01. The minimum atomic E-state index is -0.238. The van der Waals surface area contributed by atoms with Crippen LogP contribution >= 0.6 is 11.6 Å². The number of ether oxygens (including phenoxy) is 2. The number of nitrogens with zero attached hydrogens (tertiary/aromatic N) is 2. The summed E-state index contributed by atoms with van der Waals surface area (Å²) in [6, 6.07) is 6.88. The molecule has 0 aliphatic carbocycles. The predicted octanol–water partition coefficient (Wildman–Crippen LogP) is 4.48. The van der Waals surface area contributed by atoms with E-state index in [1.165, 1.54) is 6.07 Å². The van der Waals surface area contributed by atoms with E-state index in [1.807, 2.05) is 12.1 Å². The van der Waals surface area contributed by atoms with E-state index < -0.39 is 0 Å². The highest BCUT2D eigenvalue weighted by Crippen LogP contribution is 2.33. The van der Waals surface area contributed by atoms with Gasteiger partial charge in [-0.1, -0.05) is 24.6 Å². The number of aromatic nitrogens is 1. The molecule has 0 saturated carbocycles. The van der Waals surface area contributed by atoms with Gasteiger partial charge in [0, 0.05) is 37.6 Å². The second-order valence-electron chi connectivity index (χ2n) is 6.46. The van der Waals surface area contributed by atoms with Crippen molar-refractivity contribution in [3.8, 4) is 11.6 Å². The Morgan fingerprint density at radius 3 is 2.80 bits per heavy atom. The molecule has 2 atom stereocenters. The summed E-state index contributed by atoms with van der Waals surface area (Å²) in [5, 5.41) is 0.605. The molecule has 2 heterocycles. The number of methoxy groups -OCH3 is 1. The van der Waals surface area contributed by atoms with E-state index >= 15 is 0 Å². The fourth-order valence-corrected chi connectivity index (χ4v) is 3.33. The lowest BCUT2D eigenvalue weighted by molar-refractivity contribution is 0.121. The van der Waals surface area contributed by atoms with Gasteiger partial charge in [0.25, 0.3) is 0 Å². The van der Waals surface area contributed by atoms with Gasteiger partial charge in [-0.2, -0.15) is 0 Å². The summed E-state index contributed by atoms with van der Waals surface area (Å²) in [7, 11) is 1.59. The zero-order valence-electron chi connectivity index (χ0n) is 14.6. The van der Waals surface area contributed by atoms with Crippen LogP contribution in [-0.4, -0.2) is 31.3 Å². The number of piperidine rings is 1. The highest BCUT2D eigenvalue weighted by Gasteiger charge is 2.29. The fraction of sp³-hybridized carbons (Fsp3) is 0.421. The number of hydrogen-bond donors (Lipinski definition) is 0. The van der Waals surface area contributed by atoms with E-state index in [2.05, 4.69) is 16.8 Å². The van der Waals surface area contributed by atoms with Crippen molar-refractivity contribution in [2.24, 2.45) is 5.92 Å². The van der Waals surface area contributed by atoms with Gasteiger partial charge in [0.05, 0.1) is 24.0 Å². The van der Waals surface area contributed by atoms with Gasteiger partial charge >= 0.3 is 0 Å². The van der Waals surface area contributed by atoms with Crippen LogP contribution in [0.5, 0.6) is 11.6 Å². The van der Waals surface area contributed by atoms with Gasteiger partial charge in [0.1, 0.15) is 17.7 Å². The molecule has 0 bridgehead atoms. The first-order chi connectivity index (χ1) is 12.0. The normalized spacial score (nSPS) is 20.4. The van der Waals surface area contributed by atoms with Crippen LogP contribution in [0.1, 0.15) is 18.9 Å². The van der Waals surface area contributed by atoms with Crippen molar-refractivity contribution in [2.45, 2.75) is 26.4 Å². The number of halogens is 2. The first kappa shape index (κ1) is 17.8. The Labute approximate surface area is 152 Å². The second kappa shape index (κ2) is 7.48. The van der Waals surface area contributed by atoms with E-state index in [0.29, 0.717) is 22.2 Å². The third-order valence-corrected chi connectivity index (χ3v) is 4.91. The van der Waals surface area contributed by atoms with Gasteiger partial charge in [-0.15, -0.1) is 0 Å². The van der Waals surface area contributed by atoms with E-state index in [1.54, 1.807) is 26.3 Å². The van der Waals surface area contributed by atoms with Crippen LogP contribution in [0.2, 0.25) is 5.02 Å². The molecule has 1 aromatic heterocycles. The summed E-state index contributed by atoms with van der Waals surface area (Å²) < 4.78 is 24.9. The van der Waals surface area contributed by atoms with Gasteiger partial charge in [0.2, 0.25) is 5.88 Å². The van der Waals surface area contributed by atoms with Crippen molar-refractivity contribution in [3.05, 3.63) is 46.9 Å². The Bertz CT molecular complexity index is 756. The average molecular weight is 365 g/mol. The maximum absolute atomic E-state index is 13.7. The van der Waals surface area contributed by atoms with E-state index in [4.69, 9.17) is 21.1 Å². The molecule has 0 amide bonds. The molecule has 2 aromatic rings. The van der Waals surface area contributed by atoms with E-state index in [-0.39, 0.29) is 17.8 Å². The topological polar surface area (TPSA) is 34.6 Å². The zero-order valence-corrected chi connectivity index (χ0v) is 15.4. The van der Waals surface area contributed by atoms with Crippen LogP contribution < -0.4 is 14.4 Å². The van der Waals surface area contributed by atoms with Gasteiger partial charge < -0.3 is 14.4 Å². The first-order valence-corrected chi connectivity index (χ1v) is 8.73. The molecule has 6 heteroatoms. The van der Waals surface area contributed by atoms with Crippen LogP contribution in [0.15, 0.2) is 30.5 Å². The molecule has 4 nitrogen and oxygen atoms in total. The number of benzene rings is 1. The molecule has 2 unspecified atom stereocenters. The van der Waals surface area contributed by atoms with Crippen LogP contribution in [0.25, 0.3) is 0 Å². The molecule has 0 radical (unpaired) electrons. The predicted molar refractivity (Wildman–Crippen MR) is 97.3 cm³/mol. The number of anilines is 1. The van der Waals surface area contributed by atoms with E-state index in [9.17, 15) is 4.39 Å². The number of aryl methyl sites for hydroxylation is 1. The summed E-state index contributed by atoms with van der Waals surface area (Å²) in [6.07, 6.45) is 2.48. The molecule has 25 heavy (non-hydrogen) atoms. The lowest BCUT2D eigenvalue weighted by Gasteiger charge is -2.38. The van der Waals surface area contributed by atoms with Crippen LogP contribution in [0, 0.1) is 18.7 Å². The average Bonchev–Trinajstić information content (AvgIpc) is 2.60. The van der Waals surface area contributed by atoms with Crippen molar-refractivity contribution in [2.75, 3.05) is 25.1 Å². The first-order valence-electron chi connectivity index (χ1n) is 8.35. The zero-order chi connectivity index (χ0) is 18.0. The highest BCUT2D eigenvalue weighted by atomic mass is 35.5. The van der Waals surface area contributed by atoms with Crippen molar-refractivity contribution < 1.29 is 13.9 Å². The lowest BCUT2D eigenvalue weighted by atomic mass is 9.96. The van der Waals surface area contributed by atoms with Crippen LogP contribution in [0.4, 0.5) is 10.1 Å². The standard InChI is InChI=1S/C19H22ClFN2O2/c1-12-4-5-14(8-16(12)21)25-18-6-7-23(11-13(18)2)17-9-19(24-3)22-10-15(17)20/h4-5,8-10,13,18H,6-7,11H2,1-3H3. The fourth-order valence-electron chi connectivity index (χ4n) is 3.10. The largest absolute Gasteiger partial charge is 0.490 e. The molecule has 134 valence electrons. The summed E-state index contributed by atoms with van der Waals surface area (Å²) in [6.45, 7) is 5.47. The third kappa shape index (κ3) is 3.98. The van der Waals surface area contributed by atoms with Crippen molar-refractivity contribution in [1.82, 2.24) is 4.98 Å². The third-order valence-electron chi connectivity index (χ3n) is 4.62. The summed E-state index contributed by atoms with van der Waals surface area (Å²) in [5.41, 5.74) is 1.54. The maximum Gasteiger partial charge on any atom is 0.215 e. The van der Waals surface area contributed by atoms with Crippen LogP contribution in [-0.2, 0) is 0 Å². The van der Waals surface area contributed by atoms with Gasteiger partial charge in [-0.3, -0.25) is 0 Å². The summed E-state index contributed by atoms with van der Waals surface area (Å²) >= 11 is 6.30. The molecule has 1 aliphatic rings. The minimum Gasteiger partial charge on any atom is -0.490 e. The maximum atomic E-state index is 13.7. The Balaban J connectivity index is 1.69. The molecule has 1 aliphatic heterocycles.